The van der Waals surface area contributed by atoms with E-state index in [4.69, 9.17) is 0 Å². The number of nitrogens with zero attached hydrogens (tertiary/aromatic N) is 2. The molecule has 2 aromatic heterocycles. The largest absolute Gasteiger partial charge is 0.481 e. The quantitative estimate of drug-likeness (QED) is 0.676. The zero-order valence-corrected chi connectivity index (χ0v) is 13.3. The molecule has 0 spiro atoms. The van der Waals surface area contributed by atoms with Gasteiger partial charge in [-0.1, -0.05) is 44.4 Å². The summed E-state index contributed by atoms with van der Waals surface area (Å²) in [5, 5.41) is 11.6. The summed E-state index contributed by atoms with van der Waals surface area (Å²) in [7, 11) is 0. The lowest BCUT2D eigenvalue weighted by Gasteiger charge is -2.10. The predicted octanol–water partition coefficient (Wildman–Crippen LogP) is 4.59. The second-order valence-corrected chi connectivity index (χ2v) is 6.46. The van der Waals surface area contributed by atoms with Gasteiger partial charge in [0.05, 0.1) is 0 Å². The van der Waals surface area contributed by atoms with Gasteiger partial charge in [-0.05, 0) is 12.5 Å². The van der Waals surface area contributed by atoms with E-state index in [0.717, 1.165) is 39.6 Å². The van der Waals surface area contributed by atoms with E-state index in [1.807, 2.05) is 18.2 Å². The topological polar surface area (TPSA) is 63.1 Å². The van der Waals surface area contributed by atoms with Crippen molar-refractivity contribution in [2.45, 2.75) is 38.5 Å². The van der Waals surface area contributed by atoms with Crippen LogP contribution in [0.2, 0.25) is 0 Å². The van der Waals surface area contributed by atoms with Crippen molar-refractivity contribution in [2.24, 2.45) is 0 Å². The van der Waals surface area contributed by atoms with E-state index in [1.165, 1.54) is 0 Å². The Labute approximate surface area is 132 Å². The highest BCUT2D eigenvalue weighted by atomic mass is 32.1. The van der Waals surface area contributed by atoms with Gasteiger partial charge in [-0.2, -0.15) is 0 Å². The lowest BCUT2D eigenvalue weighted by Crippen LogP contribution is -2.14. The zero-order valence-electron chi connectivity index (χ0n) is 12.5. The van der Waals surface area contributed by atoms with Crippen molar-refractivity contribution in [3.05, 3.63) is 36.3 Å². The van der Waals surface area contributed by atoms with Crippen molar-refractivity contribution in [3.8, 4) is 0 Å². The van der Waals surface area contributed by atoms with Crippen molar-refractivity contribution in [2.75, 3.05) is 0 Å². The van der Waals surface area contributed by atoms with E-state index >= 15 is 0 Å². The molecule has 0 saturated heterocycles. The summed E-state index contributed by atoms with van der Waals surface area (Å²) in [5.74, 6) is -1.01. The first kappa shape index (κ1) is 14.9. The summed E-state index contributed by atoms with van der Waals surface area (Å²) in [6.45, 7) is 2.11. The molecule has 0 aliphatic carbocycles. The van der Waals surface area contributed by atoms with Crippen molar-refractivity contribution in [1.29, 1.82) is 0 Å². The number of unbranched alkanes of at least 4 members (excludes halogenated alkanes) is 2. The predicted molar refractivity (Wildman–Crippen MR) is 89.4 cm³/mol. The van der Waals surface area contributed by atoms with Gasteiger partial charge < -0.3 is 5.11 Å². The van der Waals surface area contributed by atoms with Crippen LogP contribution in [0.4, 0.5) is 0 Å². The average Bonchev–Trinajstić information content (AvgIpc) is 2.88. The fourth-order valence-corrected chi connectivity index (χ4v) is 3.71. The lowest BCUT2D eigenvalue weighted by molar-refractivity contribution is -0.139. The third kappa shape index (κ3) is 2.81. The molecule has 5 heteroatoms. The number of aliphatic carboxylic acids is 1. The molecule has 1 aromatic carbocycles. The van der Waals surface area contributed by atoms with Crippen LogP contribution in [0.15, 0.2) is 30.5 Å². The molecule has 3 aromatic rings. The smallest absolute Gasteiger partial charge is 0.314 e. The highest BCUT2D eigenvalue weighted by Gasteiger charge is 2.23. The molecule has 114 valence electrons. The van der Waals surface area contributed by atoms with Crippen molar-refractivity contribution >= 4 is 37.6 Å². The van der Waals surface area contributed by atoms with E-state index in [1.54, 1.807) is 17.5 Å². The molecule has 0 radical (unpaired) electrons. The van der Waals surface area contributed by atoms with E-state index in [2.05, 4.69) is 23.0 Å². The van der Waals surface area contributed by atoms with Crippen molar-refractivity contribution in [1.82, 2.24) is 9.97 Å². The van der Waals surface area contributed by atoms with Gasteiger partial charge in [-0.25, -0.2) is 9.97 Å². The van der Waals surface area contributed by atoms with Gasteiger partial charge in [0.2, 0.25) is 0 Å². The zero-order chi connectivity index (χ0) is 15.5. The van der Waals surface area contributed by atoms with E-state index in [9.17, 15) is 9.90 Å². The molecule has 0 bridgehead atoms. The SMILES string of the molecule is CCCCCC(C(=O)O)c1ncc2c(n1)sc1ccccc12. The molecule has 0 aliphatic rings. The Morgan fingerprint density at radius 1 is 1.27 bits per heavy atom. The van der Waals surface area contributed by atoms with Crippen LogP contribution in [-0.4, -0.2) is 21.0 Å². The summed E-state index contributed by atoms with van der Waals surface area (Å²) in [6, 6.07) is 8.09. The second-order valence-electron chi connectivity index (χ2n) is 5.43. The molecular weight excluding hydrogens is 296 g/mol. The van der Waals surface area contributed by atoms with Crippen molar-refractivity contribution in [3.63, 3.8) is 0 Å². The third-order valence-electron chi connectivity index (χ3n) is 3.86. The lowest BCUT2D eigenvalue weighted by atomic mass is 10.0. The van der Waals surface area contributed by atoms with Gasteiger partial charge in [0, 0.05) is 21.7 Å². The monoisotopic (exact) mass is 314 g/mol. The van der Waals surface area contributed by atoms with Gasteiger partial charge in [0.1, 0.15) is 16.6 Å². The summed E-state index contributed by atoms with van der Waals surface area (Å²) in [5.41, 5.74) is 0. The minimum atomic E-state index is -0.837. The number of carboxylic acid groups (broad SMARTS) is 1. The number of benzene rings is 1. The molecule has 0 amide bonds. The van der Waals surface area contributed by atoms with Crippen LogP contribution in [0, 0.1) is 0 Å². The van der Waals surface area contributed by atoms with E-state index < -0.39 is 11.9 Å². The van der Waals surface area contributed by atoms with Gasteiger partial charge in [-0.15, -0.1) is 11.3 Å². The standard InChI is InChI=1S/C17H18N2O2S/c1-2-3-4-8-12(17(20)21)15-18-10-13-11-7-5-6-9-14(11)22-16(13)19-15/h5-7,9-10,12H,2-4,8H2,1H3,(H,20,21). The van der Waals surface area contributed by atoms with Gasteiger partial charge >= 0.3 is 5.97 Å². The Morgan fingerprint density at radius 2 is 2.09 bits per heavy atom. The Hall–Kier alpha value is -2.01. The number of fused-ring (bicyclic) bond motifs is 3. The molecule has 0 saturated carbocycles. The number of carbonyl (C=O) groups is 1. The Bertz CT molecular complexity index is 813. The molecular formula is C17H18N2O2S. The van der Waals surface area contributed by atoms with E-state index in [-0.39, 0.29) is 0 Å². The molecule has 22 heavy (non-hydrogen) atoms. The maximum atomic E-state index is 11.5. The van der Waals surface area contributed by atoms with Crippen LogP contribution in [0.25, 0.3) is 20.3 Å². The number of hydrogen-bond acceptors (Lipinski definition) is 4. The maximum absolute atomic E-state index is 11.5. The number of hydrogen-bond donors (Lipinski definition) is 1. The first-order valence-corrected chi connectivity index (χ1v) is 8.39. The normalized spacial score (nSPS) is 12.8. The van der Waals surface area contributed by atoms with E-state index in [0.29, 0.717) is 12.2 Å². The third-order valence-corrected chi connectivity index (χ3v) is 4.94. The highest BCUT2D eigenvalue weighted by molar-refractivity contribution is 7.25. The van der Waals surface area contributed by atoms with Crippen LogP contribution in [0.1, 0.15) is 44.3 Å². The Balaban J connectivity index is 1.98. The molecule has 1 N–H and O–H groups in total. The minimum Gasteiger partial charge on any atom is -0.481 e. The maximum Gasteiger partial charge on any atom is 0.314 e. The molecule has 0 aliphatic heterocycles. The number of thiophene rings is 1. The van der Waals surface area contributed by atoms with Crippen LogP contribution in [-0.2, 0) is 4.79 Å². The summed E-state index contributed by atoms with van der Waals surface area (Å²) < 4.78 is 1.15. The molecule has 0 fully saturated rings. The molecule has 4 nitrogen and oxygen atoms in total. The Kier molecular flexibility index (Phi) is 4.34. The highest BCUT2D eigenvalue weighted by Crippen LogP contribution is 2.33. The second kappa shape index (κ2) is 6.40. The van der Waals surface area contributed by atoms with Crippen LogP contribution in [0.3, 0.4) is 0 Å². The first-order valence-electron chi connectivity index (χ1n) is 7.57. The average molecular weight is 314 g/mol. The number of aromatic nitrogens is 2. The van der Waals surface area contributed by atoms with Gasteiger partial charge in [-0.3, -0.25) is 4.79 Å². The Morgan fingerprint density at radius 3 is 2.86 bits per heavy atom. The fraction of sp³-hybridized carbons (Fsp3) is 0.353. The van der Waals surface area contributed by atoms with Gasteiger partial charge in [0.25, 0.3) is 0 Å². The summed E-state index contributed by atoms with van der Waals surface area (Å²) in [6.07, 6.45) is 5.37. The first-order chi connectivity index (χ1) is 10.7. The number of carboxylic acids is 1. The fourth-order valence-electron chi connectivity index (χ4n) is 2.65. The number of rotatable bonds is 6. The summed E-state index contributed by atoms with van der Waals surface area (Å²) in [4.78, 5) is 21.3. The summed E-state index contributed by atoms with van der Waals surface area (Å²) >= 11 is 1.59. The minimum absolute atomic E-state index is 0.433. The van der Waals surface area contributed by atoms with Gasteiger partial charge in [0.15, 0.2) is 0 Å². The van der Waals surface area contributed by atoms with Crippen LogP contribution >= 0.6 is 11.3 Å². The van der Waals surface area contributed by atoms with Crippen LogP contribution in [0.5, 0.6) is 0 Å². The van der Waals surface area contributed by atoms with Crippen molar-refractivity contribution < 1.29 is 9.90 Å². The van der Waals surface area contributed by atoms with Crippen LogP contribution < -0.4 is 0 Å². The molecule has 1 atom stereocenters. The molecule has 2 heterocycles. The molecule has 3 rings (SSSR count). The molecule has 1 unspecified atom stereocenters.